The molecule has 0 heterocycles. The summed E-state index contributed by atoms with van der Waals surface area (Å²) >= 11 is 0. The van der Waals surface area contributed by atoms with Crippen LogP contribution in [0, 0.1) is 12.8 Å². The zero-order chi connectivity index (χ0) is 11.2. The molecule has 2 rings (SSSR count). The molecule has 2 N–H and O–H groups in total. The van der Waals surface area contributed by atoms with Crippen molar-refractivity contribution in [2.45, 2.75) is 32.7 Å². The molecule has 0 aromatic heterocycles. The Labute approximate surface area is 98.6 Å². The first-order valence-corrected chi connectivity index (χ1v) is 6.38. The van der Waals surface area contributed by atoms with Crippen molar-refractivity contribution in [1.29, 1.82) is 0 Å². The maximum absolute atomic E-state index is 2.44. The fourth-order valence-corrected chi connectivity index (χ4v) is 2.27. The van der Waals surface area contributed by atoms with Gasteiger partial charge in [0.1, 0.15) is 6.54 Å². The largest absolute Gasteiger partial charge is 0.342 e. The highest BCUT2D eigenvalue weighted by molar-refractivity contribution is 5.20. The van der Waals surface area contributed by atoms with E-state index in [1.807, 2.05) is 0 Å². The average molecular weight is 216 g/mol. The molecule has 0 saturated heterocycles. The van der Waals surface area contributed by atoms with Gasteiger partial charge in [0.25, 0.3) is 0 Å². The summed E-state index contributed by atoms with van der Waals surface area (Å²) in [6.45, 7) is 4.50. The zero-order valence-corrected chi connectivity index (χ0v) is 10.2. The van der Waals surface area contributed by atoms with Crippen molar-refractivity contribution in [3.63, 3.8) is 0 Å². The highest BCUT2D eigenvalue weighted by Gasteiger charge is 2.09. The van der Waals surface area contributed by atoms with Gasteiger partial charge in [-0.2, -0.15) is 0 Å². The number of aryl methyl sites for hydroxylation is 1. The monoisotopic (exact) mass is 216 g/mol. The van der Waals surface area contributed by atoms with Gasteiger partial charge in [0, 0.05) is 11.5 Å². The second-order valence-corrected chi connectivity index (χ2v) is 4.83. The van der Waals surface area contributed by atoms with Crippen molar-refractivity contribution in [2.75, 3.05) is 6.54 Å². The van der Waals surface area contributed by atoms with Crippen LogP contribution in [0.3, 0.4) is 0 Å². The van der Waals surface area contributed by atoms with Crippen LogP contribution in [0.2, 0.25) is 0 Å². The first-order valence-electron chi connectivity index (χ1n) is 6.38. The lowest BCUT2D eigenvalue weighted by Crippen LogP contribution is -2.83. The number of quaternary nitrogens is 1. The van der Waals surface area contributed by atoms with Crippen LogP contribution in [0.5, 0.6) is 0 Å². The Balaban J connectivity index is 1.73. The molecule has 16 heavy (non-hydrogen) atoms. The predicted molar refractivity (Wildman–Crippen MR) is 68.2 cm³/mol. The summed E-state index contributed by atoms with van der Waals surface area (Å²) in [6.07, 6.45) is 8.78. The van der Waals surface area contributed by atoms with Gasteiger partial charge in [-0.3, -0.25) is 0 Å². The highest BCUT2D eigenvalue weighted by atomic mass is 14.9. The molecule has 1 aliphatic carbocycles. The van der Waals surface area contributed by atoms with Crippen LogP contribution in [-0.4, -0.2) is 6.54 Å². The van der Waals surface area contributed by atoms with Crippen molar-refractivity contribution in [3.8, 4) is 0 Å². The second-order valence-electron chi connectivity index (χ2n) is 4.83. The standard InChI is InChI=1S/C15H21N/c1-13-7-9-15(10-8-13)12-16-11-14-5-3-2-4-6-14/h3,5,7-10,14,16H,2,4,6,11-12H2,1H3/p+1/t14-/m0/s1. The number of rotatable bonds is 4. The molecule has 0 amide bonds. The van der Waals surface area contributed by atoms with E-state index in [0.29, 0.717) is 0 Å². The Kier molecular flexibility index (Phi) is 4.17. The van der Waals surface area contributed by atoms with Crippen molar-refractivity contribution in [2.24, 2.45) is 5.92 Å². The van der Waals surface area contributed by atoms with Crippen LogP contribution < -0.4 is 5.32 Å². The molecule has 0 bridgehead atoms. The number of hydrogen-bond donors (Lipinski definition) is 1. The van der Waals surface area contributed by atoms with Gasteiger partial charge < -0.3 is 5.32 Å². The predicted octanol–water partition coefficient (Wildman–Crippen LogP) is 2.41. The van der Waals surface area contributed by atoms with Crippen molar-refractivity contribution in [1.82, 2.24) is 0 Å². The van der Waals surface area contributed by atoms with E-state index in [1.54, 1.807) is 0 Å². The molecule has 1 aromatic carbocycles. The summed E-state index contributed by atoms with van der Waals surface area (Å²) in [4.78, 5) is 0. The van der Waals surface area contributed by atoms with E-state index in [0.717, 1.165) is 12.5 Å². The first-order chi connectivity index (χ1) is 7.84. The Bertz CT molecular complexity index is 337. The molecule has 0 aliphatic heterocycles. The third-order valence-electron chi connectivity index (χ3n) is 3.32. The van der Waals surface area contributed by atoms with E-state index in [-0.39, 0.29) is 0 Å². The lowest BCUT2D eigenvalue weighted by Gasteiger charge is -2.14. The van der Waals surface area contributed by atoms with Gasteiger partial charge in [0.05, 0.1) is 6.54 Å². The Hall–Kier alpha value is -1.08. The summed E-state index contributed by atoms with van der Waals surface area (Å²) in [5, 5.41) is 2.44. The molecule has 1 heteroatoms. The molecular formula is C15H22N+. The van der Waals surface area contributed by atoms with E-state index in [2.05, 4.69) is 48.7 Å². The molecule has 1 aliphatic rings. The lowest BCUT2D eigenvalue weighted by atomic mass is 9.96. The molecule has 86 valence electrons. The lowest BCUT2D eigenvalue weighted by molar-refractivity contribution is -0.674. The van der Waals surface area contributed by atoms with E-state index in [9.17, 15) is 0 Å². The molecule has 1 nitrogen and oxygen atoms in total. The van der Waals surface area contributed by atoms with E-state index < -0.39 is 0 Å². The smallest absolute Gasteiger partial charge is 0.101 e. The second kappa shape index (κ2) is 5.86. The van der Waals surface area contributed by atoms with Crippen LogP contribution in [0.1, 0.15) is 30.4 Å². The molecule has 1 atom stereocenters. The van der Waals surface area contributed by atoms with Crippen LogP contribution in [0.4, 0.5) is 0 Å². The number of nitrogens with two attached hydrogens (primary N) is 1. The van der Waals surface area contributed by atoms with Gasteiger partial charge in [-0.25, -0.2) is 0 Å². The van der Waals surface area contributed by atoms with Crippen LogP contribution in [0.25, 0.3) is 0 Å². The highest BCUT2D eigenvalue weighted by Crippen LogP contribution is 2.14. The van der Waals surface area contributed by atoms with Gasteiger partial charge in [0.2, 0.25) is 0 Å². The Morgan fingerprint density at radius 2 is 2.06 bits per heavy atom. The normalized spacial score (nSPS) is 19.9. The number of hydrogen-bond acceptors (Lipinski definition) is 0. The third-order valence-corrected chi connectivity index (χ3v) is 3.32. The maximum atomic E-state index is 2.44. The van der Waals surface area contributed by atoms with Gasteiger partial charge in [-0.05, 0) is 26.2 Å². The maximum Gasteiger partial charge on any atom is 0.101 e. The molecule has 0 saturated carbocycles. The van der Waals surface area contributed by atoms with E-state index >= 15 is 0 Å². The van der Waals surface area contributed by atoms with E-state index in [4.69, 9.17) is 0 Å². The first kappa shape index (κ1) is 11.4. The van der Waals surface area contributed by atoms with Crippen molar-refractivity contribution < 1.29 is 5.32 Å². The quantitative estimate of drug-likeness (QED) is 0.744. The van der Waals surface area contributed by atoms with Gasteiger partial charge in [-0.1, -0.05) is 42.0 Å². The van der Waals surface area contributed by atoms with Crippen LogP contribution >= 0.6 is 0 Å². The van der Waals surface area contributed by atoms with E-state index in [1.165, 1.54) is 36.9 Å². The number of allylic oxidation sites excluding steroid dienone is 1. The zero-order valence-electron chi connectivity index (χ0n) is 10.2. The SMILES string of the molecule is Cc1ccc(C[NH2+]C[C@H]2C=CCCC2)cc1. The molecule has 0 radical (unpaired) electrons. The topological polar surface area (TPSA) is 16.6 Å². The molecule has 0 spiro atoms. The summed E-state index contributed by atoms with van der Waals surface area (Å²) < 4.78 is 0. The van der Waals surface area contributed by atoms with Crippen LogP contribution in [-0.2, 0) is 6.54 Å². The molecular weight excluding hydrogens is 194 g/mol. The van der Waals surface area contributed by atoms with Gasteiger partial charge in [-0.15, -0.1) is 0 Å². The minimum absolute atomic E-state index is 0.805. The molecule has 1 aromatic rings. The average Bonchev–Trinajstić information content (AvgIpc) is 2.33. The fraction of sp³-hybridized carbons (Fsp3) is 0.467. The van der Waals surface area contributed by atoms with Crippen molar-refractivity contribution in [3.05, 3.63) is 47.5 Å². The van der Waals surface area contributed by atoms with Gasteiger partial charge >= 0.3 is 0 Å². The third kappa shape index (κ3) is 3.49. The minimum atomic E-state index is 0.805. The summed E-state index contributed by atoms with van der Waals surface area (Å²) in [5.74, 6) is 0.805. The minimum Gasteiger partial charge on any atom is -0.342 e. The molecule has 0 unspecified atom stereocenters. The van der Waals surface area contributed by atoms with Crippen LogP contribution in [0.15, 0.2) is 36.4 Å². The summed E-state index contributed by atoms with van der Waals surface area (Å²) in [6, 6.07) is 8.87. The summed E-state index contributed by atoms with van der Waals surface area (Å²) in [5.41, 5.74) is 2.78. The Morgan fingerprint density at radius 1 is 1.25 bits per heavy atom. The van der Waals surface area contributed by atoms with Gasteiger partial charge in [0.15, 0.2) is 0 Å². The Morgan fingerprint density at radius 3 is 2.75 bits per heavy atom. The summed E-state index contributed by atoms with van der Waals surface area (Å²) in [7, 11) is 0. The fourth-order valence-electron chi connectivity index (χ4n) is 2.27. The molecule has 0 fully saturated rings. The number of benzene rings is 1. The van der Waals surface area contributed by atoms with Crippen molar-refractivity contribution >= 4 is 0 Å².